The van der Waals surface area contributed by atoms with Crippen molar-refractivity contribution < 1.29 is 19.1 Å². The van der Waals surface area contributed by atoms with Gasteiger partial charge in [-0.2, -0.15) is 0 Å². The minimum absolute atomic E-state index is 0.239. The molecule has 0 saturated heterocycles. The first kappa shape index (κ1) is 17.7. The maximum absolute atomic E-state index is 12.6. The first-order chi connectivity index (χ1) is 12.6. The Morgan fingerprint density at radius 2 is 1.81 bits per heavy atom. The number of ether oxygens (including phenoxy) is 2. The Hall–Kier alpha value is -3.08. The van der Waals surface area contributed by atoms with Crippen molar-refractivity contribution in [1.29, 1.82) is 0 Å². The zero-order valence-corrected chi connectivity index (χ0v) is 14.8. The number of benzene rings is 2. The van der Waals surface area contributed by atoms with Gasteiger partial charge in [-0.25, -0.2) is 4.79 Å². The van der Waals surface area contributed by atoms with Gasteiger partial charge in [0.1, 0.15) is 5.75 Å². The molecule has 0 unspecified atom stereocenters. The van der Waals surface area contributed by atoms with E-state index in [0.717, 1.165) is 17.3 Å². The average molecular weight is 351 g/mol. The van der Waals surface area contributed by atoms with Gasteiger partial charge < -0.3 is 14.5 Å². The predicted molar refractivity (Wildman–Crippen MR) is 99.5 cm³/mol. The van der Waals surface area contributed by atoms with Gasteiger partial charge >= 0.3 is 5.97 Å². The molecule has 134 valence electrons. The molecule has 1 heterocycles. The smallest absolute Gasteiger partial charge is 0.344 e. The number of aromatic nitrogens is 1. The van der Waals surface area contributed by atoms with E-state index in [9.17, 15) is 9.59 Å². The van der Waals surface area contributed by atoms with Crippen molar-refractivity contribution in [2.45, 2.75) is 26.4 Å². The molecule has 1 N–H and O–H groups in total. The molecule has 0 spiro atoms. The third kappa shape index (κ3) is 3.94. The third-order valence-corrected chi connectivity index (χ3v) is 4.22. The highest BCUT2D eigenvalue weighted by atomic mass is 16.6. The second-order valence-corrected chi connectivity index (χ2v) is 6.03. The van der Waals surface area contributed by atoms with E-state index in [4.69, 9.17) is 9.47 Å². The molecule has 0 aliphatic carbocycles. The first-order valence-electron chi connectivity index (χ1n) is 8.60. The topological polar surface area (TPSA) is 68.4 Å². The van der Waals surface area contributed by atoms with E-state index in [2.05, 4.69) is 11.9 Å². The van der Waals surface area contributed by atoms with Gasteiger partial charge in [0.15, 0.2) is 12.7 Å². The normalized spacial score (nSPS) is 11.9. The van der Waals surface area contributed by atoms with E-state index in [-0.39, 0.29) is 12.4 Å². The largest absolute Gasteiger partial charge is 0.482 e. The highest BCUT2D eigenvalue weighted by Gasteiger charge is 2.22. The summed E-state index contributed by atoms with van der Waals surface area (Å²) in [5.41, 5.74) is 2.57. The zero-order valence-electron chi connectivity index (χ0n) is 14.8. The van der Waals surface area contributed by atoms with Crippen molar-refractivity contribution in [2.24, 2.45) is 0 Å². The van der Waals surface area contributed by atoms with E-state index in [1.807, 2.05) is 48.5 Å². The summed E-state index contributed by atoms with van der Waals surface area (Å²) >= 11 is 0. The summed E-state index contributed by atoms with van der Waals surface area (Å²) in [4.78, 5) is 27.6. The van der Waals surface area contributed by atoms with Crippen molar-refractivity contribution >= 4 is 22.7 Å². The van der Waals surface area contributed by atoms with Crippen molar-refractivity contribution in [1.82, 2.24) is 4.98 Å². The number of aromatic amines is 1. The summed E-state index contributed by atoms with van der Waals surface area (Å²) in [5, 5.41) is 0.813. The minimum atomic E-state index is -0.882. The van der Waals surface area contributed by atoms with Gasteiger partial charge in [0, 0.05) is 22.7 Å². The monoisotopic (exact) mass is 351 g/mol. The number of hydrogen-bond donors (Lipinski definition) is 1. The number of ketones is 1. The average Bonchev–Trinajstić information content (AvgIpc) is 3.10. The van der Waals surface area contributed by atoms with Crippen LogP contribution in [0, 0.1) is 0 Å². The molecule has 1 atom stereocenters. The number of nitrogens with one attached hydrogen (secondary N) is 1. The molecule has 5 heteroatoms. The first-order valence-corrected chi connectivity index (χ1v) is 8.60. The Kier molecular flexibility index (Phi) is 5.37. The van der Waals surface area contributed by atoms with E-state index in [0.29, 0.717) is 11.3 Å². The number of fused-ring (bicyclic) bond motifs is 1. The van der Waals surface area contributed by atoms with E-state index in [1.54, 1.807) is 13.1 Å². The molecule has 3 aromatic rings. The lowest BCUT2D eigenvalue weighted by atomic mass is 10.1. The minimum Gasteiger partial charge on any atom is -0.482 e. The molecular formula is C21H21NO4. The van der Waals surface area contributed by atoms with Gasteiger partial charge in [0.2, 0.25) is 5.78 Å². The SMILES string of the molecule is CCc1ccc(OCC(=O)O[C@H](C)C(=O)c2c[nH]c3ccccc23)cc1. The highest BCUT2D eigenvalue weighted by molar-refractivity contribution is 6.10. The fourth-order valence-corrected chi connectivity index (χ4v) is 2.74. The number of carbonyl (C=O) groups excluding carboxylic acids is 2. The number of rotatable bonds is 7. The lowest BCUT2D eigenvalue weighted by molar-refractivity contribution is -0.148. The molecule has 0 radical (unpaired) electrons. The Labute approximate surface area is 151 Å². The quantitative estimate of drug-likeness (QED) is 0.517. The molecule has 0 amide bonds. The summed E-state index contributed by atoms with van der Waals surface area (Å²) in [6, 6.07) is 15.0. The number of aryl methyl sites for hydroxylation is 1. The number of carbonyl (C=O) groups is 2. The number of Topliss-reactive ketones (excluding diaryl/α,β-unsaturated/α-hetero) is 1. The summed E-state index contributed by atoms with van der Waals surface area (Å²) in [6.45, 7) is 3.40. The van der Waals surface area contributed by atoms with Crippen molar-refractivity contribution in [3.05, 3.63) is 65.9 Å². The van der Waals surface area contributed by atoms with Crippen LogP contribution < -0.4 is 4.74 Å². The maximum atomic E-state index is 12.6. The van der Waals surface area contributed by atoms with Crippen LogP contribution in [0.4, 0.5) is 0 Å². The van der Waals surface area contributed by atoms with Crippen LogP contribution in [0.2, 0.25) is 0 Å². The molecule has 3 rings (SSSR count). The lowest BCUT2D eigenvalue weighted by Crippen LogP contribution is -2.27. The highest BCUT2D eigenvalue weighted by Crippen LogP contribution is 2.20. The summed E-state index contributed by atoms with van der Waals surface area (Å²) < 4.78 is 10.6. The second-order valence-electron chi connectivity index (χ2n) is 6.03. The molecule has 2 aromatic carbocycles. The van der Waals surface area contributed by atoms with Crippen molar-refractivity contribution in [2.75, 3.05) is 6.61 Å². The second kappa shape index (κ2) is 7.87. The van der Waals surface area contributed by atoms with E-state index >= 15 is 0 Å². The molecule has 0 bridgehead atoms. The van der Waals surface area contributed by atoms with E-state index < -0.39 is 12.1 Å². The number of para-hydroxylation sites is 1. The van der Waals surface area contributed by atoms with E-state index in [1.165, 1.54) is 5.56 Å². The van der Waals surface area contributed by atoms with Crippen LogP contribution in [0.25, 0.3) is 10.9 Å². The van der Waals surface area contributed by atoms with Crippen molar-refractivity contribution in [3.8, 4) is 5.75 Å². The molecule has 26 heavy (non-hydrogen) atoms. The molecule has 0 fully saturated rings. The van der Waals surface area contributed by atoms with Gasteiger partial charge in [0.25, 0.3) is 0 Å². The molecule has 5 nitrogen and oxygen atoms in total. The predicted octanol–water partition coefficient (Wildman–Crippen LogP) is 3.92. The maximum Gasteiger partial charge on any atom is 0.344 e. The van der Waals surface area contributed by atoms with Crippen molar-refractivity contribution in [3.63, 3.8) is 0 Å². The molecule has 0 saturated carbocycles. The van der Waals surface area contributed by atoms with Gasteiger partial charge in [-0.3, -0.25) is 4.79 Å². The van der Waals surface area contributed by atoms with Crippen LogP contribution in [-0.2, 0) is 16.0 Å². The number of hydrogen-bond acceptors (Lipinski definition) is 4. The van der Waals surface area contributed by atoms with Gasteiger partial charge in [-0.05, 0) is 37.1 Å². The Bertz CT molecular complexity index is 911. The van der Waals surface area contributed by atoms with Crippen LogP contribution in [-0.4, -0.2) is 29.4 Å². The van der Waals surface area contributed by atoms with Crippen LogP contribution in [0.5, 0.6) is 5.75 Å². The van der Waals surface area contributed by atoms with Crippen LogP contribution in [0.3, 0.4) is 0 Å². The summed E-state index contributed by atoms with van der Waals surface area (Å²) in [5.74, 6) is -0.233. The summed E-state index contributed by atoms with van der Waals surface area (Å²) in [7, 11) is 0. The molecule has 0 aliphatic heterocycles. The molecule has 0 aliphatic rings. The molecule has 1 aromatic heterocycles. The zero-order chi connectivity index (χ0) is 18.5. The molecular weight excluding hydrogens is 330 g/mol. The van der Waals surface area contributed by atoms with Crippen LogP contribution in [0.15, 0.2) is 54.7 Å². The van der Waals surface area contributed by atoms with Crippen LogP contribution in [0.1, 0.15) is 29.8 Å². The Balaban J connectivity index is 1.57. The lowest BCUT2D eigenvalue weighted by Gasteiger charge is -2.12. The number of esters is 1. The third-order valence-electron chi connectivity index (χ3n) is 4.22. The van der Waals surface area contributed by atoms with Gasteiger partial charge in [0.05, 0.1) is 0 Å². The van der Waals surface area contributed by atoms with Gasteiger partial charge in [-0.15, -0.1) is 0 Å². The Morgan fingerprint density at radius 1 is 1.08 bits per heavy atom. The fourth-order valence-electron chi connectivity index (χ4n) is 2.74. The standard InChI is InChI=1S/C21H21NO4/c1-3-15-8-10-16(11-9-15)25-13-20(23)26-14(2)21(24)18-12-22-19-7-5-4-6-17(18)19/h4-12,14,22H,3,13H2,1-2H3/t14-/m1/s1. The fraction of sp³-hybridized carbons (Fsp3) is 0.238. The Morgan fingerprint density at radius 3 is 2.54 bits per heavy atom. The van der Waals surface area contributed by atoms with Gasteiger partial charge in [-0.1, -0.05) is 37.3 Å². The summed E-state index contributed by atoms with van der Waals surface area (Å²) in [6.07, 6.45) is 1.70. The number of H-pyrrole nitrogens is 1. The van der Waals surface area contributed by atoms with Crippen LogP contribution >= 0.6 is 0 Å².